The van der Waals surface area contributed by atoms with Crippen LogP contribution in [0.1, 0.15) is 43.0 Å². The van der Waals surface area contributed by atoms with Gasteiger partial charge in [-0.3, -0.25) is 4.79 Å². The molecule has 4 rings (SSSR count). The molecule has 1 unspecified atom stereocenters. The lowest BCUT2D eigenvalue weighted by Crippen LogP contribution is -2.32. The molecule has 0 amide bonds. The molecular formula is C24H23FN2O3S. The molecule has 0 fully saturated rings. The van der Waals surface area contributed by atoms with E-state index in [-0.39, 0.29) is 11.4 Å². The van der Waals surface area contributed by atoms with Crippen molar-refractivity contribution in [2.75, 3.05) is 12.4 Å². The van der Waals surface area contributed by atoms with Gasteiger partial charge in [0, 0.05) is 40.0 Å². The van der Waals surface area contributed by atoms with Gasteiger partial charge in [0.25, 0.3) is 6.47 Å². The molecule has 0 aliphatic carbocycles. The van der Waals surface area contributed by atoms with Crippen molar-refractivity contribution in [1.82, 2.24) is 4.98 Å². The van der Waals surface area contributed by atoms with Gasteiger partial charge in [0.1, 0.15) is 16.6 Å². The number of fused-ring (bicyclic) bond motifs is 1. The number of carbonyl (C=O) groups excluding carboxylic acids is 1. The van der Waals surface area contributed by atoms with Gasteiger partial charge in [-0.2, -0.15) is 0 Å². The van der Waals surface area contributed by atoms with Crippen molar-refractivity contribution in [1.29, 1.82) is 0 Å². The van der Waals surface area contributed by atoms with Crippen LogP contribution in [-0.4, -0.2) is 24.1 Å². The van der Waals surface area contributed by atoms with Gasteiger partial charge in [-0.05, 0) is 50.1 Å². The van der Waals surface area contributed by atoms with E-state index in [1.807, 2.05) is 24.4 Å². The van der Waals surface area contributed by atoms with Gasteiger partial charge < -0.3 is 14.8 Å². The summed E-state index contributed by atoms with van der Waals surface area (Å²) in [6.07, 6.45) is 3.10. The number of allylic oxidation sites excluding steroid dienone is 1. The van der Waals surface area contributed by atoms with E-state index in [4.69, 9.17) is 9.47 Å². The van der Waals surface area contributed by atoms with Crippen molar-refractivity contribution in [3.63, 3.8) is 0 Å². The second-order valence-electron chi connectivity index (χ2n) is 7.95. The molecule has 31 heavy (non-hydrogen) atoms. The molecule has 160 valence electrons. The second-order valence-corrected chi connectivity index (χ2v) is 8.88. The number of thiazole rings is 1. The van der Waals surface area contributed by atoms with Crippen LogP contribution < -0.4 is 10.1 Å². The Morgan fingerprint density at radius 3 is 2.68 bits per heavy atom. The number of aromatic nitrogens is 1. The maximum Gasteiger partial charge on any atom is 0.294 e. The SMILES string of the molecule is COc1cc(F)ccc1-c1ccc2c(c1C(OC=O)c1nccs1)C(C)=CC(C)(C)N2. The number of nitrogens with one attached hydrogen (secondary N) is 1. The molecule has 0 radical (unpaired) electrons. The van der Waals surface area contributed by atoms with Crippen LogP contribution in [0.5, 0.6) is 5.75 Å². The zero-order valence-corrected chi connectivity index (χ0v) is 18.5. The summed E-state index contributed by atoms with van der Waals surface area (Å²) in [5, 5.41) is 6.03. The number of benzene rings is 2. The van der Waals surface area contributed by atoms with Crippen LogP contribution in [0.4, 0.5) is 10.1 Å². The Morgan fingerprint density at radius 1 is 1.23 bits per heavy atom. The highest BCUT2D eigenvalue weighted by molar-refractivity contribution is 7.09. The summed E-state index contributed by atoms with van der Waals surface area (Å²) in [5.74, 6) is 0.0103. The molecule has 1 atom stereocenters. The standard InChI is InChI=1S/C24H23FN2O3S/c1-14-12-24(2,3)27-18-8-7-17(16-6-5-15(25)11-19(16)29-4)21(20(14)18)22(30-13-28)23-26-9-10-31-23/h5-13,22,27H,1-4H3. The normalized spacial score (nSPS) is 15.3. The average molecular weight is 439 g/mol. The Labute approximate surface area is 184 Å². The largest absolute Gasteiger partial charge is 0.496 e. The topological polar surface area (TPSA) is 60.5 Å². The first kappa shape index (κ1) is 21.1. The maximum atomic E-state index is 13.9. The molecule has 1 aliphatic heterocycles. The number of nitrogens with zero attached hydrogens (tertiary/aromatic N) is 1. The first-order chi connectivity index (χ1) is 14.8. The van der Waals surface area contributed by atoms with E-state index in [0.29, 0.717) is 22.8 Å². The van der Waals surface area contributed by atoms with E-state index in [1.165, 1.54) is 30.6 Å². The van der Waals surface area contributed by atoms with Crippen LogP contribution >= 0.6 is 11.3 Å². The molecule has 0 saturated heterocycles. The number of ether oxygens (including phenoxy) is 2. The number of halogens is 1. The number of hydrogen-bond acceptors (Lipinski definition) is 6. The zero-order valence-electron chi connectivity index (χ0n) is 17.7. The van der Waals surface area contributed by atoms with Crippen LogP contribution in [0.2, 0.25) is 0 Å². The summed E-state index contributed by atoms with van der Waals surface area (Å²) >= 11 is 1.41. The van der Waals surface area contributed by atoms with Gasteiger partial charge in [-0.25, -0.2) is 9.37 Å². The fraction of sp³-hybridized carbons (Fsp3) is 0.250. The van der Waals surface area contributed by atoms with Crippen molar-refractivity contribution >= 4 is 29.1 Å². The van der Waals surface area contributed by atoms with Gasteiger partial charge in [0.05, 0.1) is 12.6 Å². The summed E-state index contributed by atoms with van der Waals surface area (Å²) < 4.78 is 25.0. The minimum Gasteiger partial charge on any atom is -0.496 e. The Bertz CT molecular complexity index is 1160. The highest BCUT2D eigenvalue weighted by atomic mass is 32.1. The van der Waals surface area contributed by atoms with Crippen molar-refractivity contribution in [3.05, 3.63) is 69.9 Å². The van der Waals surface area contributed by atoms with Crippen LogP contribution in [0.3, 0.4) is 0 Å². The highest BCUT2D eigenvalue weighted by Crippen LogP contribution is 2.47. The number of rotatable bonds is 6. The van der Waals surface area contributed by atoms with E-state index < -0.39 is 6.10 Å². The van der Waals surface area contributed by atoms with Crippen molar-refractivity contribution in [2.24, 2.45) is 0 Å². The molecule has 1 aromatic heterocycles. The van der Waals surface area contributed by atoms with E-state index in [1.54, 1.807) is 12.3 Å². The van der Waals surface area contributed by atoms with E-state index in [2.05, 4.69) is 30.2 Å². The van der Waals surface area contributed by atoms with Gasteiger partial charge >= 0.3 is 0 Å². The lowest BCUT2D eigenvalue weighted by molar-refractivity contribution is -0.132. The second kappa shape index (κ2) is 8.15. The third kappa shape index (κ3) is 3.93. The molecule has 0 spiro atoms. The minimum atomic E-state index is -0.719. The molecular weight excluding hydrogens is 415 g/mol. The third-order valence-corrected chi connectivity index (χ3v) is 6.08. The molecule has 2 aromatic carbocycles. The fourth-order valence-electron chi connectivity index (χ4n) is 4.21. The predicted octanol–water partition coefficient (Wildman–Crippen LogP) is 5.83. The molecule has 5 nitrogen and oxygen atoms in total. The Hall–Kier alpha value is -3.19. The lowest BCUT2D eigenvalue weighted by atomic mass is 9.83. The van der Waals surface area contributed by atoms with Gasteiger partial charge in [-0.1, -0.05) is 12.1 Å². The Morgan fingerprint density at radius 2 is 2.00 bits per heavy atom. The Balaban J connectivity index is 2.06. The molecule has 1 aliphatic rings. The smallest absolute Gasteiger partial charge is 0.294 e. The van der Waals surface area contributed by atoms with Crippen molar-refractivity contribution in [3.8, 4) is 16.9 Å². The number of anilines is 1. The summed E-state index contributed by atoms with van der Waals surface area (Å²) in [6, 6.07) is 8.36. The summed E-state index contributed by atoms with van der Waals surface area (Å²) in [6.45, 7) is 6.67. The van der Waals surface area contributed by atoms with E-state index in [0.717, 1.165) is 28.0 Å². The first-order valence-electron chi connectivity index (χ1n) is 9.82. The van der Waals surface area contributed by atoms with Gasteiger partial charge in [0.15, 0.2) is 6.10 Å². The lowest BCUT2D eigenvalue weighted by Gasteiger charge is -2.34. The monoisotopic (exact) mass is 438 g/mol. The minimum absolute atomic E-state index is 0.231. The quantitative estimate of drug-likeness (QED) is 0.491. The number of hydrogen-bond donors (Lipinski definition) is 1. The molecule has 7 heteroatoms. The molecule has 3 aromatic rings. The Kier molecular flexibility index (Phi) is 5.54. The fourth-order valence-corrected chi connectivity index (χ4v) is 4.89. The third-order valence-electron chi connectivity index (χ3n) is 5.26. The van der Waals surface area contributed by atoms with Crippen LogP contribution in [0, 0.1) is 5.82 Å². The van der Waals surface area contributed by atoms with Gasteiger partial charge in [-0.15, -0.1) is 11.3 Å². The van der Waals surface area contributed by atoms with E-state index >= 15 is 0 Å². The van der Waals surface area contributed by atoms with Crippen LogP contribution in [0.25, 0.3) is 16.7 Å². The van der Waals surface area contributed by atoms with Crippen LogP contribution in [-0.2, 0) is 9.53 Å². The van der Waals surface area contributed by atoms with Crippen LogP contribution in [0.15, 0.2) is 48.0 Å². The van der Waals surface area contributed by atoms with E-state index in [9.17, 15) is 9.18 Å². The van der Waals surface area contributed by atoms with Gasteiger partial charge in [0.2, 0.25) is 0 Å². The molecule has 1 N–H and O–H groups in total. The maximum absolute atomic E-state index is 13.9. The molecule has 2 heterocycles. The highest BCUT2D eigenvalue weighted by Gasteiger charge is 2.32. The molecule has 0 saturated carbocycles. The number of methoxy groups -OCH3 is 1. The zero-order chi connectivity index (χ0) is 22.2. The number of carbonyl (C=O) groups is 1. The average Bonchev–Trinajstić information content (AvgIpc) is 3.25. The first-order valence-corrected chi connectivity index (χ1v) is 10.7. The summed E-state index contributed by atoms with van der Waals surface area (Å²) in [5.41, 5.74) is 4.95. The molecule has 0 bridgehead atoms. The van der Waals surface area contributed by atoms with Crippen molar-refractivity contribution < 1.29 is 18.7 Å². The summed E-state index contributed by atoms with van der Waals surface area (Å²) in [4.78, 5) is 15.9. The van der Waals surface area contributed by atoms with Crippen molar-refractivity contribution in [2.45, 2.75) is 32.4 Å². The summed E-state index contributed by atoms with van der Waals surface area (Å²) in [7, 11) is 1.51. The predicted molar refractivity (Wildman–Crippen MR) is 121 cm³/mol.